The molecule has 0 saturated heterocycles. The van der Waals surface area contributed by atoms with E-state index >= 15 is 0 Å². The quantitative estimate of drug-likeness (QED) is 0.446. The summed E-state index contributed by atoms with van der Waals surface area (Å²) in [5, 5.41) is 16.3. The van der Waals surface area contributed by atoms with Crippen molar-refractivity contribution in [1.82, 2.24) is 15.6 Å². The van der Waals surface area contributed by atoms with Gasteiger partial charge in [0, 0.05) is 23.5 Å². The van der Waals surface area contributed by atoms with Crippen molar-refractivity contribution in [2.24, 2.45) is 0 Å². The molecule has 1 aromatic heterocycles. The summed E-state index contributed by atoms with van der Waals surface area (Å²) in [6.45, 7) is 1.79. The summed E-state index contributed by atoms with van der Waals surface area (Å²) in [6, 6.07) is 16.9. The van der Waals surface area contributed by atoms with Crippen LogP contribution in [0.2, 0.25) is 0 Å². The monoisotopic (exact) mass is 434 g/mol. The van der Waals surface area contributed by atoms with E-state index in [0.29, 0.717) is 6.42 Å². The van der Waals surface area contributed by atoms with Gasteiger partial charge in [0.25, 0.3) is 0 Å². The molecule has 2 aromatic carbocycles. The van der Waals surface area contributed by atoms with Crippen molar-refractivity contribution in [2.45, 2.75) is 38.1 Å². The van der Waals surface area contributed by atoms with Crippen molar-refractivity contribution >= 4 is 23.0 Å². The third-order valence-electron chi connectivity index (χ3n) is 5.16. The van der Waals surface area contributed by atoms with Crippen LogP contribution in [0, 0.1) is 11.3 Å². The first-order valence-electron chi connectivity index (χ1n) is 10.3. The molecule has 0 unspecified atom stereocenters. The molecule has 3 atom stereocenters. The lowest BCUT2D eigenvalue weighted by atomic mass is 10.0. The average Bonchev–Trinajstić information content (AvgIpc) is 3.23. The third kappa shape index (κ3) is 5.86. The van der Waals surface area contributed by atoms with Gasteiger partial charge in [-0.3, -0.25) is 10.1 Å². The van der Waals surface area contributed by atoms with Gasteiger partial charge in [-0.1, -0.05) is 48.5 Å². The zero-order valence-corrected chi connectivity index (χ0v) is 18.0. The number of ether oxygens (including phenoxy) is 2. The van der Waals surface area contributed by atoms with Gasteiger partial charge in [0.15, 0.2) is 0 Å². The number of nitrogens with one attached hydrogen (secondary N) is 3. The smallest absolute Gasteiger partial charge is 0.407 e. The predicted molar refractivity (Wildman–Crippen MR) is 120 cm³/mol. The largest absolute Gasteiger partial charge is 0.468 e. The number of nitriles is 1. The van der Waals surface area contributed by atoms with E-state index in [2.05, 4.69) is 21.7 Å². The van der Waals surface area contributed by atoms with Crippen LogP contribution in [0.3, 0.4) is 0 Å². The fraction of sp³-hybridized carbons (Fsp3) is 0.292. The van der Waals surface area contributed by atoms with E-state index in [-0.39, 0.29) is 6.61 Å². The molecule has 8 nitrogen and oxygen atoms in total. The molecule has 3 aromatic rings. The van der Waals surface area contributed by atoms with Crippen LogP contribution in [0.25, 0.3) is 10.9 Å². The number of methoxy groups -OCH3 is 1. The SMILES string of the molecule is COC(=O)[C@H](Cc1c[nH]c2ccccc12)N[C@@H](C#N)[C@H](C)NC(=O)OCc1ccccc1. The van der Waals surface area contributed by atoms with E-state index < -0.39 is 30.2 Å². The average molecular weight is 434 g/mol. The van der Waals surface area contributed by atoms with Crippen molar-refractivity contribution in [3.8, 4) is 6.07 Å². The lowest BCUT2D eigenvalue weighted by Crippen LogP contribution is -2.53. The van der Waals surface area contributed by atoms with Gasteiger partial charge in [0.2, 0.25) is 0 Å². The standard InChI is InChI=1S/C24H26N4O4/c1-16(27-24(30)32-15-17-8-4-3-5-9-17)22(13-25)28-21(23(29)31-2)12-18-14-26-20-11-7-6-10-19(18)20/h3-11,14,16,21-22,26,28H,12,15H2,1-2H3,(H,27,30)/t16-,21-,22-/m0/s1. The number of aromatic nitrogens is 1. The molecule has 166 valence electrons. The number of hydrogen-bond donors (Lipinski definition) is 3. The number of carbonyl (C=O) groups is 2. The summed E-state index contributed by atoms with van der Waals surface area (Å²) in [7, 11) is 1.30. The van der Waals surface area contributed by atoms with Crippen molar-refractivity contribution in [1.29, 1.82) is 5.26 Å². The highest BCUT2D eigenvalue weighted by molar-refractivity contribution is 5.84. The Balaban J connectivity index is 1.62. The first-order chi connectivity index (χ1) is 15.5. The minimum Gasteiger partial charge on any atom is -0.468 e. The van der Waals surface area contributed by atoms with Gasteiger partial charge in [0.1, 0.15) is 18.7 Å². The second kappa shape index (κ2) is 11.0. The van der Waals surface area contributed by atoms with E-state index in [1.54, 1.807) is 6.92 Å². The lowest BCUT2D eigenvalue weighted by molar-refractivity contribution is -0.143. The molecule has 0 fully saturated rings. The van der Waals surface area contributed by atoms with Gasteiger partial charge in [-0.2, -0.15) is 5.26 Å². The van der Waals surface area contributed by atoms with Crippen molar-refractivity contribution in [3.05, 3.63) is 71.9 Å². The predicted octanol–water partition coefficient (Wildman–Crippen LogP) is 3.05. The van der Waals surface area contributed by atoms with Gasteiger partial charge in [-0.05, 0) is 24.1 Å². The summed E-state index contributed by atoms with van der Waals surface area (Å²) < 4.78 is 10.2. The molecular formula is C24H26N4O4. The summed E-state index contributed by atoms with van der Waals surface area (Å²) in [6.07, 6.45) is 1.52. The highest BCUT2D eigenvalue weighted by atomic mass is 16.5. The zero-order chi connectivity index (χ0) is 22.9. The van der Waals surface area contributed by atoms with Crippen molar-refractivity contribution in [2.75, 3.05) is 7.11 Å². The Morgan fingerprint density at radius 2 is 1.84 bits per heavy atom. The summed E-state index contributed by atoms with van der Waals surface area (Å²) in [5.74, 6) is -0.491. The molecule has 0 saturated carbocycles. The number of rotatable bonds is 9. The zero-order valence-electron chi connectivity index (χ0n) is 18.0. The van der Waals surface area contributed by atoms with Crippen LogP contribution in [-0.4, -0.2) is 42.3 Å². The number of fused-ring (bicyclic) bond motifs is 1. The topological polar surface area (TPSA) is 116 Å². The van der Waals surface area contributed by atoms with Crippen LogP contribution in [0.4, 0.5) is 4.79 Å². The molecule has 32 heavy (non-hydrogen) atoms. The number of nitrogens with zero attached hydrogens (tertiary/aromatic N) is 1. The molecule has 8 heteroatoms. The molecular weight excluding hydrogens is 408 g/mol. The molecule has 0 aliphatic rings. The van der Waals surface area contributed by atoms with Gasteiger partial charge >= 0.3 is 12.1 Å². The summed E-state index contributed by atoms with van der Waals surface area (Å²) in [5.41, 5.74) is 2.73. The van der Waals surface area contributed by atoms with Crippen LogP contribution in [-0.2, 0) is 27.3 Å². The fourth-order valence-corrected chi connectivity index (χ4v) is 3.42. The molecule has 3 rings (SSSR count). The molecule has 0 aliphatic heterocycles. The number of carbonyl (C=O) groups excluding carboxylic acids is 2. The van der Waals surface area contributed by atoms with Crippen molar-refractivity contribution < 1.29 is 19.1 Å². The van der Waals surface area contributed by atoms with Gasteiger partial charge in [-0.15, -0.1) is 0 Å². The number of alkyl carbamates (subject to hydrolysis) is 1. The van der Waals surface area contributed by atoms with E-state index in [0.717, 1.165) is 22.0 Å². The Hall–Kier alpha value is -3.83. The number of esters is 1. The third-order valence-corrected chi connectivity index (χ3v) is 5.16. The molecule has 1 heterocycles. The number of para-hydroxylation sites is 1. The second-order valence-electron chi connectivity index (χ2n) is 7.41. The Morgan fingerprint density at radius 3 is 2.56 bits per heavy atom. The van der Waals surface area contributed by atoms with Crippen molar-refractivity contribution in [3.63, 3.8) is 0 Å². The fourth-order valence-electron chi connectivity index (χ4n) is 3.42. The first-order valence-corrected chi connectivity index (χ1v) is 10.3. The van der Waals surface area contributed by atoms with Gasteiger partial charge < -0.3 is 19.8 Å². The number of aromatic amines is 1. The second-order valence-corrected chi connectivity index (χ2v) is 7.41. The highest BCUT2D eigenvalue weighted by Crippen LogP contribution is 2.19. The number of benzene rings is 2. The number of H-pyrrole nitrogens is 1. The van der Waals surface area contributed by atoms with Gasteiger partial charge in [-0.25, -0.2) is 4.79 Å². The summed E-state index contributed by atoms with van der Waals surface area (Å²) >= 11 is 0. The van der Waals surface area contributed by atoms with Gasteiger partial charge in [0.05, 0.1) is 19.2 Å². The normalized spacial score (nSPS) is 13.5. The van der Waals surface area contributed by atoms with Crippen LogP contribution >= 0.6 is 0 Å². The van der Waals surface area contributed by atoms with E-state index in [1.807, 2.05) is 60.8 Å². The van der Waals surface area contributed by atoms with Crippen LogP contribution < -0.4 is 10.6 Å². The molecule has 1 amide bonds. The van der Waals surface area contributed by atoms with E-state index in [9.17, 15) is 14.9 Å². The Kier molecular flexibility index (Phi) is 7.84. The Labute approximate surface area is 186 Å². The number of hydrogen-bond acceptors (Lipinski definition) is 6. The maximum atomic E-state index is 12.4. The summed E-state index contributed by atoms with van der Waals surface area (Å²) in [4.78, 5) is 27.7. The molecule has 0 spiro atoms. The lowest BCUT2D eigenvalue weighted by Gasteiger charge is -2.24. The molecule has 0 radical (unpaired) electrons. The maximum Gasteiger partial charge on any atom is 0.407 e. The molecule has 3 N–H and O–H groups in total. The number of amides is 1. The van der Waals surface area contributed by atoms with E-state index in [4.69, 9.17) is 9.47 Å². The Bertz CT molecular complexity index is 1090. The molecule has 0 bridgehead atoms. The maximum absolute atomic E-state index is 12.4. The molecule has 0 aliphatic carbocycles. The van der Waals surface area contributed by atoms with Crippen LogP contribution in [0.15, 0.2) is 60.8 Å². The minimum atomic E-state index is -0.839. The first kappa shape index (κ1) is 22.8. The minimum absolute atomic E-state index is 0.120. The van der Waals surface area contributed by atoms with E-state index in [1.165, 1.54) is 7.11 Å². The van der Waals surface area contributed by atoms with Crippen LogP contribution in [0.5, 0.6) is 0 Å². The Morgan fingerprint density at radius 1 is 1.12 bits per heavy atom. The highest BCUT2D eigenvalue weighted by Gasteiger charge is 2.28. The van der Waals surface area contributed by atoms with Crippen LogP contribution in [0.1, 0.15) is 18.1 Å².